The van der Waals surface area contributed by atoms with Gasteiger partial charge >= 0.3 is 0 Å². The number of hydrogen-bond donors (Lipinski definition) is 2. The third kappa shape index (κ3) is 4.71. The summed E-state index contributed by atoms with van der Waals surface area (Å²) >= 11 is 0. The Balaban J connectivity index is 0.000000858. The fourth-order valence-corrected chi connectivity index (χ4v) is 5.16. The molecular formula is C21H26N4O5S. The van der Waals surface area contributed by atoms with Crippen LogP contribution >= 0.6 is 0 Å². The Labute approximate surface area is 181 Å². The highest BCUT2D eigenvalue weighted by Gasteiger charge is 2.25. The summed E-state index contributed by atoms with van der Waals surface area (Å²) in [7, 11) is -2.05. The van der Waals surface area contributed by atoms with Crippen LogP contribution in [0.5, 0.6) is 0 Å². The van der Waals surface area contributed by atoms with Crippen molar-refractivity contribution in [2.24, 2.45) is 5.73 Å². The zero-order valence-electron chi connectivity index (χ0n) is 17.2. The van der Waals surface area contributed by atoms with Crippen LogP contribution in [0.1, 0.15) is 12.0 Å². The summed E-state index contributed by atoms with van der Waals surface area (Å²) < 4.78 is 33.6. The summed E-state index contributed by atoms with van der Waals surface area (Å²) in [6.07, 6.45) is 4.99. The molecule has 31 heavy (non-hydrogen) atoms. The molecule has 0 saturated carbocycles. The number of benzene rings is 1. The fraction of sp³-hybridized carbons (Fsp3) is 0.333. The number of hydrogen-bond acceptors (Lipinski definition) is 7. The number of nitrogens with zero attached hydrogens (tertiary/aromatic N) is 3. The van der Waals surface area contributed by atoms with Gasteiger partial charge in [0.15, 0.2) is 0 Å². The van der Waals surface area contributed by atoms with E-state index in [0.717, 1.165) is 30.8 Å². The van der Waals surface area contributed by atoms with Gasteiger partial charge in [-0.1, -0.05) is 6.07 Å². The summed E-state index contributed by atoms with van der Waals surface area (Å²) in [4.78, 5) is 15.1. The molecule has 2 aromatic heterocycles. The normalized spacial score (nSPS) is 16.2. The van der Waals surface area contributed by atoms with Crippen LogP contribution in [0.4, 0.5) is 5.69 Å². The van der Waals surface area contributed by atoms with E-state index < -0.39 is 10.0 Å². The van der Waals surface area contributed by atoms with Crippen LogP contribution in [-0.4, -0.2) is 61.8 Å². The first-order valence-corrected chi connectivity index (χ1v) is 11.3. The van der Waals surface area contributed by atoms with Crippen molar-refractivity contribution in [2.45, 2.75) is 23.8 Å². The quantitative estimate of drug-likeness (QED) is 0.548. The Bertz CT molecular complexity index is 1150. The lowest BCUT2D eigenvalue weighted by Gasteiger charge is -2.19. The molecule has 0 spiro atoms. The van der Waals surface area contributed by atoms with E-state index in [9.17, 15) is 8.42 Å². The molecule has 166 valence electrons. The van der Waals surface area contributed by atoms with Gasteiger partial charge in [0.1, 0.15) is 0 Å². The van der Waals surface area contributed by atoms with Crippen LogP contribution in [0.3, 0.4) is 0 Å². The van der Waals surface area contributed by atoms with Crippen LogP contribution in [0, 0.1) is 0 Å². The van der Waals surface area contributed by atoms with Crippen LogP contribution < -0.4 is 10.6 Å². The van der Waals surface area contributed by atoms with Gasteiger partial charge in [-0.05, 0) is 55.3 Å². The van der Waals surface area contributed by atoms with Crippen molar-refractivity contribution >= 4 is 33.2 Å². The molecule has 0 bridgehead atoms. The van der Waals surface area contributed by atoms with E-state index in [0.29, 0.717) is 24.0 Å². The Morgan fingerprint density at radius 2 is 2.10 bits per heavy atom. The lowest BCUT2D eigenvalue weighted by atomic mass is 10.2. The fourth-order valence-electron chi connectivity index (χ4n) is 3.74. The maximum atomic E-state index is 13.4. The van der Waals surface area contributed by atoms with Crippen molar-refractivity contribution in [3.05, 3.63) is 54.4 Å². The maximum Gasteiger partial charge on any atom is 0.290 e. The third-order valence-electron chi connectivity index (χ3n) is 5.23. The molecular weight excluding hydrogens is 420 g/mol. The second-order valence-electron chi connectivity index (χ2n) is 7.06. The topological polar surface area (TPSA) is 128 Å². The number of fused-ring (bicyclic) bond motifs is 1. The first kappa shape index (κ1) is 22.7. The minimum atomic E-state index is -3.76. The Kier molecular flexibility index (Phi) is 7.26. The van der Waals surface area contributed by atoms with Gasteiger partial charge in [0.2, 0.25) is 0 Å². The number of aromatic nitrogens is 2. The van der Waals surface area contributed by atoms with E-state index in [-0.39, 0.29) is 17.5 Å². The summed E-state index contributed by atoms with van der Waals surface area (Å²) in [5.41, 5.74) is 8.65. The Hall–Kier alpha value is -2.95. The number of ether oxygens (including phenoxy) is 1. The highest BCUT2D eigenvalue weighted by molar-refractivity contribution is 7.90. The molecule has 3 aromatic rings. The molecule has 0 radical (unpaired) electrons. The van der Waals surface area contributed by atoms with Gasteiger partial charge in [-0.15, -0.1) is 0 Å². The van der Waals surface area contributed by atoms with E-state index in [4.69, 9.17) is 20.4 Å². The van der Waals surface area contributed by atoms with Crippen molar-refractivity contribution in [1.29, 1.82) is 0 Å². The number of methoxy groups -OCH3 is 1. The zero-order chi connectivity index (χ0) is 22.4. The number of pyridine rings is 1. The second kappa shape index (κ2) is 9.90. The lowest BCUT2D eigenvalue weighted by Crippen LogP contribution is -2.22. The molecule has 4 rings (SSSR count). The monoisotopic (exact) mass is 446 g/mol. The van der Waals surface area contributed by atoms with Gasteiger partial charge < -0.3 is 20.5 Å². The molecule has 1 saturated heterocycles. The number of carboxylic acid groups (broad SMARTS) is 1. The minimum Gasteiger partial charge on any atom is -0.483 e. The van der Waals surface area contributed by atoms with Crippen molar-refractivity contribution in [2.75, 3.05) is 31.6 Å². The summed E-state index contributed by atoms with van der Waals surface area (Å²) in [6.45, 7) is 1.79. The van der Waals surface area contributed by atoms with Gasteiger partial charge in [0, 0.05) is 38.3 Å². The molecule has 0 amide bonds. The first-order chi connectivity index (χ1) is 15.0. The molecule has 3 heterocycles. The molecule has 1 aliphatic rings. The SMILES string of the molecule is CO[C@H]1CCN(c2cccc(S(=O)(=O)n3cc(CCN)c4ncccc43)c2)C1.O=CO. The molecule has 9 nitrogen and oxygen atoms in total. The summed E-state index contributed by atoms with van der Waals surface area (Å²) in [6, 6.07) is 10.6. The summed E-state index contributed by atoms with van der Waals surface area (Å²) in [5.74, 6) is 0. The van der Waals surface area contributed by atoms with E-state index in [1.807, 2.05) is 6.07 Å². The Morgan fingerprint density at radius 1 is 1.32 bits per heavy atom. The number of rotatable bonds is 6. The highest BCUT2D eigenvalue weighted by Crippen LogP contribution is 2.28. The van der Waals surface area contributed by atoms with Gasteiger partial charge in [-0.25, -0.2) is 12.4 Å². The highest BCUT2D eigenvalue weighted by atomic mass is 32.2. The average molecular weight is 447 g/mol. The summed E-state index contributed by atoms with van der Waals surface area (Å²) in [5, 5.41) is 6.89. The number of nitrogens with two attached hydrogens (primary N) is 1. The van der Waals surface area contributed by atoms with Crippen LogP contribution in [0.2, 0.25) is 0 Å². The Morgan fingerprint density at radius 3 is 2.77 bits per heavy atom. The molecule has 1 aromatic carbocycles. The minimum absolute atomic E-state index is 0.179. The molecule has 1 fully saturated rings. The largest absolute Gasteiger partial charge is 0.483 e. The molecule has 10 heteroatoms. The van der Waals surface area contributed by atoms with Gasteiger partial charge in [0.05, 0.1) is 22.0 Å². The lowest BCUT2D eigenvalue weighted by molar-refractivity contribution is -0.122. The second-order valence-corrected chi connectivity index (χ2v) is 8.88. The van der Waals surface area contributed by atoms with Gasteiger partial charge in [0.25, 0.3) is 16.5 Å². The van der Waals surface area contributed by atoms with E-state index >= 15 is 0 Å². The van der Waals surface area contributed by atoms with Gasteiger partial charge in [-0.2, -0.15) is 0 Å². The van der Waals surface area contributed by atoms with Crippen molar-refractivity contribution in [3.63, 3.8) is 0 Å². The third-order valence-corrected chi connectivity index (χ3v) is 6.90. The first-order valence-electron chi connectivity index (χ1n) is 9.82. The van der Waals surface area contributed by atoms with Crippen LogP contribution in [-0.2, 0) is 26.0 Å². The molecule has 0 aliphatic carbocycles. The van der Waals surface area contributed by atoms with Crippen LogP contribution in [0.25, 0.3) is 11.0 Å². The molecule has 0 unspecified atom stereocenters. The average Bonchev–Trinajstić information content (AvgIpc) is 3.40. The van der Waals surface area contributed by atoms with Crippen molar-refractivity contribution in [3.8, 4) is 0 Å². The predicted molar refractivity (Wildman–Crippen MR) is 118 cm³/mol. The molecule has 1 atom stereocenters. The zero-order valence-corrected chi connectivity index (χ0v) is 18.0. The van der Waals surface area contributed by atoms with Crippen molar-refractivity contribution in [1.82, 2.24) is 8.96 Å². The van der Waals surface area contributed by atoms with E-state index in [2.05, 4.69) is 9.88 Å². The van der Waals surface area contributed by atoms with E-state index in [1.165, 1.54) is 3.97 Å². The van der Waals surface area contributed by atoms with Gasteiger partial charge in [-0.3, -0.25) is 9.78 Å². The van der Waals surface area contributed by atoms with Crippen LogP contribution in [0.15, 0.2) is 53.7 Å². The smallest absolute Gasteiger partial charge is 0.290 e. The molecule has 1 aliphatic heterocycles. The standard InChI is InChI=1S/C20H24N4O3S.CH2O2/c1-27-17-8-11-23(14-17)16-4-2-5-18(12-16)28(25,26)24-13-15(7-9-21)20-19(24)6-3-10-22-20;2-1-3/h2-6,10,12-13,17H,7-9,11,14,21H2,1H3;1H,(H,2,3)/t17-;/m0./s1. The maximum absolute atomic E-state index is 13.4. The molecule has 3 N–H and O–H groups in total. The van der Waals surface area contributed by atoms with E-state index in [1.54, 1.807) is 49.8 Å². The number of carbonyl (C=O) groups is 1. The number of anilines is 1. The van der Waals surface area contributed by atoms with Crippen molar-refractivity contribution < 1.29 is 23.1 Å². The predicted octanol–water partition coefficient (Wildman–Crippen LogP) is 1.70.